The molecule has 1 atom stereocenters. The van der Waals surface area contributed by atoms with E-state index in [1.807, 2.05) is 55.2 Å². The molecule has 1 heterocycles. The van der Waals surface area contributed by atoms with Gasteiger partial charge in [0.1, 0.15) is 18.4 Å². The van der Waals surface area contributed by atoms with Crippen molar-refractivity contribution in [2.24, 2.45) is 0 Å². The molecule has 1 aromatic heterocycles. The highest BCUT2D eigenvalue weighted by Gasteiger charge is 2.25. The zero-order valence-corrected chi connectivity index (χ0v) is 26.1. The van der Waals surface area contributed by atoms with Crippen molar-refractivity contribution in [2.45, 2.75) is 70.9 Å². The second kappa shape index (κ2) is 18.2. The van der Waals surface area contributed by atoms with Crippen molar-refractivity contribution < 1.29 is 19.1 Å². The van der Waals surface area contributed by atoms with E-state index in [0.29, 0.717) is 38.4 Å². The van der Waals surface area contributed by atoms with E-state index in [1.54, 1.807) is 0 Å². The minimum Gasteiger partial charge on any atom is -0.375 e. The second-order valence-electron chi connectivity index (χ2n) is 11.1. The van der Waals surface area contributed by atoms with Gasteiger partial charge in [-0.05, 0) is 68.6 Å². The standard InChI is InChI=1S/C33H47N7O4/c1-34-18-20-43-23-27-13-15-28(16-14-27)33(42)36-17-6-19-40-29-7-4-3-5-8-30(32(29)38-39-40)44-24-31(41)37-22-26-11-9-25(10-12-26)21-35-2/h9-16,30,34-35H,3-8,17-24H2,1-2H3,(H,36,42)(H,37,41). The smallest absolute Gasteiger partial charge is 0.251 e. The Morgan fingerprint density at radius 2 is 1.64 bits per heavy atom. The number of nitrogens with one attached hydrogen (secondary N) is 4. The molecule has 0 saturated carbocycles. The van der Waals surface area contributed by atoms with Crippen LogP contribution in [0.4, 0.5) is 0 Å². The highest BCUT2D eigenvalue weighted by atomic mass is 16.5. The average molecular weight is 606 g/mol. The molecular formula is C33H47N7O4. The van der Waals surface area contributed by atoms with Gasteiger partial charge in [-0.2, -0.15) is 0 Å². The van der Waals surface area contributed by atoms with Gasteiger partial charge >= 0.3 is 0 Å². The van der Waals surface area contributed by atoms with Crippen LogP contribution in [0.25, 0.3) is 0 Å². The minimum atomic E-state index is -0.262. The average Bonchev–Trinajstić information content (AvgIpc) is 3.42. The zero-order valence-electron chi connectivity index (χ0n) is 26.1. The maximum atomic E-state index is 12.6. The number of aromatic nitrogens is 3. The van der Waals surface area contributed by atoms with E-state index >= 15 is 0 Å². The van der Waals surface area contributed by atoms with Gasteiger partial charge < -0.3 is 30.7 Å². The SMILES string of the molecule is CNCCOCc1ccc(C(=O)NCCCn2nnc3c2CCCCCC3OCC(=O)NCc2ccc(CNC)cc2)cc1. The number of carbonyl (C=O) groups excluding carboxylic acids is 2. The molecule has 0 bridgehead atoms. The Balaban J connectivity index is 1.22. The van der Waals surface area contributed by atoms with Crippen LogP contribution in [-0.4, -0.2) is 67.2 Å². The van der Waals surface area contributed by atoms with Crippen molar-refractivity contribution in [2.75, 3.05) is 40.4 Å². The molecule has 2 amide bonds. The first kappa shape index (κ1) is 33.3. The van der Waals surface area contributed by atoms with Crippen molar-refractivity contribution in [1.29, 1.82) is 0 Å². The third-order valence-electron chi connectivity index (χ3n) is 7.68. The molecule has 1 aliphatic rings. The van der Waals surface area contributed by atoms with Gasteiger partial charge in [-0.25, -0.2) is 4.68 Å². The second-order valence-corrected chi connectivity index (χ2v) is 11.1. The maximum Gasteiger partial charge on any atom is 0.251 e. The largest absolute Gasteiger partial charge is 0.375 e. The van der Waals surface area contributed by atoms with Crippen LogP contribution in [-0.2, 0) is 46.9 Å². The van der Waals surface area contributed by atoms with Crippen LogP contribution >= 0.6 is 0 Å². The molecule has 44 heavy (non-hydrogen) atoms. The maximum absolute atomic E-state index is 12.6. The van der Waals surface area contributed by atoms with E-state index in [9.17, 15) is 9.59 Å². The molecule has 3 aromatic rings. The molecule has 0 fully saturated rings. The first-order valence-electron chi connectivity index (χ1n) is 15.7. The first-order valence-corrected chi connectivity index (χ1v) is 15.7. The zero-order chi connectivity index (χ0) is 31.0. The van der Waals surface area contributed by atoms with Crippen molar-refractivity contribution >= 4 is 11.8 Å². The summed E-state index contributed by atoms with van der Waals surface area (Å²) < 4.78 is 13.6. The van der Waals surface area contributed by atoms with Crippen LogP contribution in [0.3, 0.4) is 0 Å². The summed E-state index contributed by atoms with van der Waals surface area (Å²) in [6.07, 6.45) is 5.32. The normalized spacial score (nSPS) is 14.8. The van der Waals surface area contributed by atoms with E-state index < -0.39 is 0 Å². The number of likely N-dealkylation sites (N-methyl/N-ethyl adjacent to an activating group) is 1. The molecule has 4 N–H and O–H groups in total. The molecule has 0 saturated heterocycles. The highest BCUT2D eigenvalue weighted by molar-refractivity contribution is 5.94. The van der Waals surface area contributed by atoms with Crippen molar-refractivity contribution in [1.82, 2.24) is 36.3 Å². The predicted molar refractivity (Wildman–Crippen MR) is 169 cm³/mol. The highest BCUT2D eigenvalue weighted by Crippen LogP contribution is 2.29. The lowest BCUT2D eigenvalue weighted by Gasteiger charge is -2.20. The fraction of sp³-hybridized carbons (Fsp3) is 0.515. The number of amides is 2. The fourth-order valence-corrected chi connectivity index (χ4v) is 5.19. The molecule has 1 aliphatic carbocycles. The summed E-state index contributed by atoms with van der Waals surface area (Å²) in [6, 6.07) is 15.7. The van der Waals surface area contributed by atoms with Gasteiger partial charge in [0, 0.05) is 38.3 Å². The molecule has 0 aliphatic heterocycles. The molecule has 238 valence electrons. The molecule has 4 rings (SSSR count). The molecular weight excluding hydrogens is 558 g/mol. The summed E-state index contributed by atoms with van der Waals surface area (Å²) in [5.41, 5.74) is 5.81. The van der Waals surface area contributed by atoms with Gasteiger partial charge in [0.15, 0.2) is 0 Å². The van der Waals surface area contributed by atoms with Gasteiger partial charge in [0.2, 0.25) is 5.91 Å². The summed E-state index contributed by atoms with van der Waals surface area (Å²) in [5.74, 6) is -0.248. The van der Waals surface area contributed by atoms with Gasteiger partial charge in [-0.15, -0.1) is 5.10 Å². The van der Waals surface area contributed by atoms with Gasteiger partial charge in [0.25, 0.3) is 5.91 Å². The lowest BCUT2D eigenvalue weighted by Crippen LogP contribution is -2.28. The van der Waals surface area contributed by atoms with Crippen LogP contribution in [0.2, 0.25) is 0 Å². The van der Waals surface area contributed by atoms with Crippen molar-refractivity contribution in [3.05, 3.63) is 82.2 Å². The summed E-state index contributed by atoms with van der Waals surface area (Å²) in [6.45, 7) is 4.40. The Bertz CT molecular complexity index is 1290. The molecule has 0 spiro atoms. The third-order valence-corrected chi connectivity index (χ3v) is 7.68. The summed E-state index contributed by atoms with van der Waals surface area (Å²) in [7, 11) is 3.81. The number of aryl methyl sites for hydroxylation is 1. The quantitative estimate of drug-likeness (QED) is 0.173. The van der Waals surface area contributed by atoms with E-state index in [2.05, 4.69) is 43.7 Å². The van der Waals surface area contributed by atoms with E-state index in [1.165, 1.54) is 5.56 Å². The van der Waals surface area contributed by atoms with Crippen LogP contribution < -0.4 is 21.3 Å². The van der Waals surface area contributed by atoms with Crippen LogP contribution in [0.15, 0.2) is 48.5 Å². The Morgan fingerprint density at radius 1 is 0.886 bits per heavy atom. The number of nitrogens with zero attached hydrogens (tertiary/aromatic N) is 3. The summed E-state index contributed by atoms with van der Waals surface area (Å²) >= 11 is 0. The van der Waals surface area contributed by atoms with Gasteiger partial charge in [-0.3, -0.25) is 9.59 Å². The Labute approximate surface area is 260 Å². The minimum absolute atomic E-state index is 0.0226. The van der Waals surface area contributed by atoms with E-state index in [0.717, 1.165) is 74.1 Å². The number of benzene rings is 2. The molecule has 11 nitrogen and oxygen atoms in total. The van der Waals surface area contributed by atoms with Crippen LogP contribution in [0.5, 0.6) is 0 Å². The molecule has 11 heteroatoms. The lowest BCUT2D eigenvalue weighted by molar-refractivity contribution is -0.128. The number of fused-ring (bicyclic) bond motifs is 1. The first-order chi connectivity index (χ1) is 21.6. The van der Waals surface area contributed by atoms with Crippen LogP contribution in [0.1, 0.15) is 76.6 Å². The molecule has 2 aromatic carbocycles. The fourth-order valence-electron chi connectivity index (χ4n) is 5.19. The predicted octanol–water partition coefficient (Wildman–Crippen LogP) is 3.04. The van der Waals surface area contributed by atoms with Gasteiger partial charge in [0.05, 0.1) is 18.9 Å². The Morgan fingerprint density at radius 3 is 2.39 bits per heavy atom. The van der Waals surface area contributed by atoms with Crippen molar-refractivity contribution in [3.63, 3.8) is 0 Å². The summed E-state index contributed by atoms with van der Waals surface area (Å²) in [4.78, 5) is 25.2. The van der Waals surface area contributed by atoms with E-state index in [4.69, 9.17) is 9.47 Å². The molecule has 1 unspecified atom stereocenters. The Kier molecular flexibility index (Phi) is 13.8. The van der Waals surface area contributed by atoms with E-state index in [-0.39, 0.29) is 24.5 Å². The lowest BCUT2D eigenvalue weighted by atomic mass is 9.99. The monoisotopic (exact) mass is 605 g/mol. The van der Waals surface area contributed by atoms with Crippen LogP contribution in [0, 0.1) is 0 Å². The number of hydrogen-bond acceptors (Lipinski definition) is 8. The number of rotatable bonds is 17. The number of hydrogen-bond donors (Lipinski definition) is 4. The Hall–Kier alpha value is -3.64. The summed E-state index contributed by atoms with van der Waals surface area (Å²) in [5, 5.41) is 21.1. The van der Waals surface area contributed by atoms with Gasteiger partial charge in [-0.1, -0.05) is 54.5 Å². The third kappa shape index (κ3) is 10.5. The van der Waals surface area contributed by atoms with Crippen molar-refractivity contribution in [3.8, 4) is 0 Å². The number of carbonyl (C=O) groups is 2. The topological polar surface area (TPSA) is 131 Å². The molecule has 0 radical (unpaired) electrons. The number of ether oxygens (including phenoxy) is 2.